The number of ether oxygens (including phenoxy) is 2. The van der Waals surface area contributed by atoms with E-state index in [-0.39, 0.29) is 11.8 Å². The lowest BCUT2D eigenvalue weighted by atomic mass is 9.79. The Morgan fingerprint density at radius 2 is 1.94 bits per heavy atom. The summed E-state index contributed by atoms with van der Waals surface area (Å²) >= 11 is 0. The van der Waals surface area contributed by atoms with E-state index in [2.05, 4.69) is 17.9 Å². The van der Waals surface area contributed by atoms with Gasteiger partial charge in [-0.2, -0.15) is 0 Å². The Bertz CT molecular complexity index is 383. The molecule has 18 heavy (non-hydrogen) atoms. The summed E-state index contributed by atoms with van der Waals surface area (Å²) in [5.74, 6) is -1.65. The van der Waals surface area contributed by atoms with Crippen LogP contribution < -0.4 is 0 Å². The summed E-state index contributed by atoms with van der Waals surface area (Å²) in [5, 5.41) is 0. The van der Waals surface area contributed by atoms with Crippen molar-refractivity contribution in [1.82, 2.24) is 0 Å². The van der Waals surface area contributed by atoms with Crippen molar-refractivity contribution in [2.75, 3.05) is 7.11 Å². The van der Waals surface area contributed by atoms with Crippen LogP contribution in [0, 0.1) is 17.8 Å². The third-order valence-corrected chi connectivity index (χ3v) is 4.20. The summed E-state index contributed by atoms with van der Waals surface area (Å²) in [5.41, 5.74) is -0.639. The highest BCUT2D eigenvalue weighted by Crippen LogP contribution is 2.52. The predicted octanol–water partition coefficient (Wildman–Crippen LogP) is 1.86. The van der Waals surface area contributed by atoms with Crippen LogP contribution in [0.3, 0.4) is 0 Å². The molecule has 98 valence electrons. The SMILES string of the molecule is C=C[C@@H]1CC[C@@H](C=C)C12CC(C(=O)OC)C(=O)O2. The third kappa shape index (κ3) is 1.67. The molecular formula is C14H18O4. The minimum Gasteiger partial charge on any atom is -0.468 e. The zero-order valence-corrected chi connectivity index (χ0v) is 10.6. The molecule has 1 heterocycles. The minimum atomic E-state index is -0.807. The first-order chi connectivity index (χ1) is 8.58. The van der Waals surface area contributed by atoms with E-state index >= 15 is 0 Å². The molecule has 3 atom stereocenters. The standard InChI is InChI=1S/C14H18O4/c1-4-9-6-7-10(5-2)14(9)8-11(12(15)17-3)13(16)18-14/h4-5,9-11H,1-2,6-8H2,3H3/t9-,10-,11?/m1/s1. The van der Waals surface area contributed by atoms with Crippen molar-refractivity contribution >= 4 is 11.9 Å². The normalized spacial score (nSPS) is 33.2. The molecule has 4 heteroatoms. The molecule has 1 unspecified atom stereocenters. The molecule has 0 aromatic carbocycles. The smallest absolute Gasteiger partial charge is 0.321 e. The van der Waals surface area contributed by atoms with Crippen LogP contribution in [0.5, 0.6) is 0 Å². The van der Waals surface area contributed by atoms with E-state index in [0.29, 0.717) is 6.42 Å². The Balaban J connectivity index is 2.31. The molecule has 1 saturated carbocycles. The molecular weight excluding hydrogens is 232 g/mol. The van der Waals surface area contributed by atoms with Gasteiger partial charge in [-0.15, -0.1) is 13.2 Å². The Hall–Kier alpha value is -1.58. The van der Waals surface area contributed by atoms with Crippen molar-refractivity contribution in [2.45, 2.75) is 24.9 Å². The average molecular weight is 250 g/mol. The molecule has 2 fully saturated rings. The summed E-state index contributed by atoms with van der Waals surface area (Å²) in [6, 6.07) is 0. The lowest BCUT2D eigenvalue weighted by Crippen LogP contribution is -2.38. The number of methoxy groups -OCH3 is 1. The summed E-state index contributed by atoms with van der Waals surface area (Å²) < 4.78 is 10.2. The fourth-order valence-electron chi connectivity index (χ4n) is 3.24. The van der Waals surface area contributed by atoms with Crippen molar-refractivity contribution in [1.29, 1.82) is 0 Å². The van der Waals surface area contributed by atoms with E-state index < -0.39 is 23.5 Å². The summed E-state index contributed by atoms with van der Waals surface area (Å²) in [4.78, 5) is 23.4. The third-order valence-electron chi connectivity index (χ3n) is 4.20. The molecule has 4 nitrogen and oxygen atoms in total. The Labute approximate surface area is 107 Å². The number of carbonyl (C=O) groups excluding carboxylic acids is 2. The largest absolute Gasteiger partial charge is 0.468 e. The fourth-order valence-corrected chi connectivity index (χ4v) is 3.24. The minimum absolute atomic E-state index is 0.0825. The molecule has 2 rings (SSSR count). The molecule has 0 aromatic rings. The number of hydrogen-bond acceptors (Lipinski definition) is 4. The quantitative estimate of drug-likeness (QED) is 0.436. The van der Waals surface area contributed by atoms with E-state index in [1.165, 1.54) is 7.11 Å². The molecule has 0 radical (unpaired) electrons. The second kappa shape index (κ2) is 4.59. The lowest BCUT2D eigenvalue weighted by Gasteiger charge is -2.32. The summed E-state index contributed by atoms with van der Waals surface area (Å²) in [6.07, 6.45) is 5.81. The van der Waals surface area contributed by atoms with Gasteiger partial charge in [0.2, 0.25) is 0 Å². The van der Waals surface area contributed by atoms with Crippen molar-refractivity contribution < 1.29 is 19.1 Å². The second-order valence-electron chi connectivity index (χ2n) is 4.92. The number of esters is 2. The molecule has 1 aliphatic carbocycles. The van der Waals surface area contributed by atoms with Crippen molar-refractivity contribution in [3.63, 3.8) is 0 Å². The molecule has 0 amide bonds. The van der Waals surface area contributed by atoms with Crippen molar-refractivity contribution in [3.8, 4) is 0 Å². The van der Waals surface area contributed by atoms with E-state index in [1.54, 1.807) is 0 Å². The van der Waals surface area contributed by atoms with E-state index in [9.17, 15) is 9.59 Å². The first-order valence-electron chi connectivity index (χ1n) is 6.15. The van der Waals surface area contributed by atoms with Crippen molar-refractivity contribution in [2.24, 2.45) is 17.8 Å². The van der Waals surface area contributed by atoms with Crippen LogP contribution in [0.15, 0.2) is 25.3 Å². The van der Waals surface area contributed by atoms with Gasteiger partial charge in [-0.1, -0.05) is 12.2 Å². The Kier molecular flexibility index (Phi) is 3.28. The van der Waals surface area contributed by atoms with Crippen LogP contribution in [0.2, 0.25) is 0 Å². The Morgan fingerprint density at radius 1 is 1.39 bits per heavy atom. The van der Waals surface area contributed by atoms with Gasteiger partial charge in [0.1, 0.15) is 5.60 Å². The lowest BCUT2D eigenvalue weighted by molar-refractivity contribution is -0.159. The molecule has 0 aromatic heterocycles. The van der Waals surface area contributed by atoms with Crippen LogP contribution in [0.1, 0.15) is 19.3 Å². The van der Waals surface area contributed by atoms with Crippen LogP contribution in [0.25, 0.3) is 0 Å². The van der Waals surface area contributed by atoms with E-state index in [1.807, 2.05) is 12.2 Å². The number of rotatable bonds is 3. The molecule has 1 spiro atoms. The van der Waals surface area contributed by atoms with Crippen LogP contribution in [0.4, 0.5) is 0 Å². The molecule has 0 bridgehead atoms. The maximum Gasteiger partial charge on any atom is 0.321 e. The molecule has 1 saturated heterocycles. The maximum absolute atomic E-state index is 11.9. The van der Waals surface area contributed by atoms with E-state index in [4.69, 9.17) is 4.74 Å². The van der Waals surface area contributed by atoms with Gasteiger partial charge in [0.15, 0.2) is 5.92 Å². The first kappa shape index (κ1) is 12.9. The van der Waals surface area contributed by atoms with Gasteiger partial charge in [-0.3, -0.25) is 9.59 Å². The highest BCUT2D eigenvalue weighted by molar-refractivity contribution is 5.96. The average Bonchev–Trinajstić information content (AvgIpc) is 2.89. The van der Waals surface area contributed by atoms with Crippen molar-refractivity contribution in [3.05, 3.63) is 25.3 Å². The fraction of sp³-hybridized carbons (Fsp3) is 0.571. The van der Waals surface area contributed by atoms with Gasteiger partial charge >= 0.3 is 11.9 Å². The number of carbonyl (C=O) groups is 2. The Morgan fingerprint density at radius 3 is 2.39 bits per heavy atom. The summed E-state index contributed by atoms with van der Waals surface area (Å²) in [7, 11) is 1.28. The number of hydrogen-bond donors (Lipinski definition) is 0. The van der Waals surface area contributed by atoms with E-state index in [0.717, 1.165) is 12.8 Å². The van der Waals surface area contributed by atoms with Gasteiger partial charge in [0, 0.05) is 18.3 Å². The monoisotopic (exact) mass is 250 g/mol. The highest BCUT2D eigenvalue weighted by Gasteiger charge is 2.59. The maximum atomic E-state index is 11.9. The second-order valence-corrected chi connectivity index (χ2v) is 4.92. The van der Waals surface area contributed by atoms with Crippen LogP contribution >= 0.6 is 0 Å². The van der Waals surface area contributed by atoms with Gasteiger partial charge in [0.05, 0.1) is 7.11 Å². The first-order valence-corrected chi connectivity index (χ1v) is 6.15. The highest BCUT2D eigenvalue weighted by atomic mass is 16.6. The molecule has 1 aliphatic heterocycles. The molecule has 0 N–H and O–H groups in total. The van der Waals surface area contributed by atoms with Gasteiger partial charge in [-0.25, -0.2) is 0 Å². The van der Waals surface area contributed by atoms with Gasteiger partial charge in [0.25, 0.3) is 0 Å². The zero-order chi connectivity index (χ0) is 13.3. The van der Waals surface area contributed by atoms with Gasteiger partial charge in [-0.05, 0) is 12.8 Å². The van der Waals surface area contributed by atoms with Crippen LogP contribution in [-0.4, -0.2) is 24.6 Å². The zero-order valence-electron chi connectivity index (χ0n) is 10.6. The molecule has 2 aliphatic rings. The summed E-state index contributed by atoms with van der Waals surface area (Å²) in [6.45, 7) is 7.61. The predicted molar refractivity (Wildman–Crippen MR) is 65.6 cm³/mol. The van der Waals surface area contributed by atoms with Crippen LogP contribution in [-0.2, 0) is 19.1 Å². The topological polar surface area (TPSA) is 52.6 Å². The van der Waals surface area contributed by atoms with Gasteiger partial charge < -0.3 is 9.47 Å².